The van der Waals surface area contributed by atoms with E-state index in [-0.39, 0.29) is 5.91 Å². The average Bonchev–Trinajstić information content (AvgIpc) is 3.01. The first-order valence-electron chi connectivity index (χ1n) is 9.13. The zero-order valence-electron chi connectivity index (χ0n) is 16.0. The first-order valence-corrected chi connectivity index (χ1v) is 10.8. The number of nitrogens with one attached hydrogen (secondary N) is 1. The predicted octanol–water partition coefficient (Wildman–Crippen LogP) is 5.36. The molecule has 1 unspecified atom stereocenters. The molecule has 1 atom stereocenters. The lowest BCUT2D eigenvalue weighted by Gasteiger charge is -2.16. The van der Waals surface area contributed by atoms with Crippen LogP contribution in [0.5, 0.6) is 0 Å². The number of fused-ring (bicyclic) bond motifs is 1. The van der Waals surface area contributed by atoms with Gasteiger partial charge >= 0.3 is 0 Å². The van der Waals surface area contributed by atoms with Crippen molar-refractivity contribution in [1.82, 2.24) is 9.97 Å². The van der Waals surface area contributed by atoms with Crippen molar-refractivity contribution in [2.24, 2.45) is 0 Å². The summed E-state index contributed by atoms with van der Waals surface area (Å²) in [4.78, 5) is 24.3. The standard InChI is InChI=1S/C22H20N4OS2/c1-13-14(2)28-21-17(13)19(23)25-22(26-21)29-18(15-9-5-3-6-10-15)20(27)24-16-11-7-4-8-12-16/h3-12,18H,1-2H3,(H,24,27)(H2,23,25,26). The molecule has 0 radical (unpaired) electrons. The van der Waals surface area contributed by atoms with Crippen molar-refractivity contribution in [1.29, 1.82) is 0 Å². The lowest BCUT2D eigenvalue weighted by molar-refractivity contribution is -0.115. The van der Waals surface area contributed by atoms with E-state index in [0.717, 1.165) is 27.0 Å². The van der Waals surface area contributed by atoms with Gasteiger partial charge in [0.2, 0.25) is 5.91 Å². The Morgan fingerprint density at radius 2 is 1.69 bits per heavy atom. The number of benzene rings is 2. The fourth-order valence-electron chi connectivity index (χ4n) is 3.05. The summed E-state index contributed by atoms with van der Waals surface area (Å²) in [6.07, 6.45) is 0. The predicted molar refractivity (Wildman–Crippen MR) is 121 cm³/mol. The van der Waals surface area contributed by atoms with Crippen LogP contribution in [0.25, 0.3) is 10.2 Å². The highest BCUT2D eigenvalue weighted by Gasteiger charge is 2.24. The van der Waals surface area contributed by atoms with E-state index in [1.165, 1.54) is 16.6 Å². The van der Waals surface area contributed by atoms with Crippen molar-refractivity contribution >= 4 is 50.7 Å². The maximum Gasteiger partial charge on any atom is 0.242 e. The Morgan fingerprint density at radius 3 is 2.38 bits per heavy atom. The monoisotopic (exact) mass is 420 g/mol. The second kappa shape index (κ2) is 8.23. The maximum atomic E-state index is 13.1. The highest BCUT2D eigenvalue weighted by molar-refractivity contribution is 8.00. The molecule has 0 bridgehead atoms. The molecule has 0 saturated heterocycles. The molecule has 29 heavy (non-hydrogen) atoms. The summed E-state index contributed by atoms with van der Waals surface area (Å²) in [5, 5.41) is 3.88. The highest BCUT2D eigenvalue weighted by atomic mass is 32.2. The van der Waals surface area contributed by atoms with Gasteiger partial charge in [-0.05, 0) is 37.1 Å². The summed E-state index contributed by atoms with van der Waals surface area (Å²) in [7, 11) is 0. The van der Waals surface area contributed by atoms with Gasteiger partial charge in [0.15, 0.2) is 5.16 Å². The Morgan fingerprint density at radius 1 is 1.03 bits per heavy atom. The molecule has 5 nitrogen and oxygen atoms in total. The van der Waals surface area contributed by atoms with Crippen LogP contribution >= 0.6 is 23.1 Å². The molecule has 7 heteroatoms. The summed E-state index contributed by atoms with van der Waals surface area (Å²) in [6, 6.07) is 19.1. The van der Waals surface area contributed by atoms with Gasteiger partial charge in [-0.1, -0.05) is 60.3 Å². The van der Waals surface area contributed by atoms with E-state index in [0.29, 0.717) is 11.0 Å². The number of para-hydroxylation sites is 1. The number of rotatable bonds is 5. The summed E-state index contributed by atoms with van der Waals surface area (Å²) in [5.74, 6) is 0.322. The van der Waals surface area contributed by atoms with Crippen LogP contribution in [-0.4, -0.2) is 15.9 Å². The minimum absolute atomic E-state index is 0.131. The quantitative estimate of drug-likeness (QED) is 0.335. The van der Waals surface area contributed by atoms with Crippen LogP contribution in [0.2, 0.25) is 0 Å². The third-order valence-electron chi connectivity index (χ3n) is 4.64. The van der Waals surface area contributed by atoms with E-state index < -0.39 is 5.25 Å². The number of thiophene rings is 1. The molecule has 0 fully saturated rings. The summed E-state index contributed by atoms with van der Waals surface area (Å²) in [6.45, 7) is 4.08. The normalized spacial score (nSPS) is 12.1. The van der Waals surface area contributed by atoms with E-state index in [1.807, 2.05) is 74.5 Å². The lowest BCUT2D eigenvalue weighted by atomic mass is 10.1. The smallest absolute Gasteiger partial charge is 0.242 e. The van der Waals surface area contributed by atoms with Crippen molar-refractivity contribution in [2.75, 3.05) is 11.1 Å². The van der Waals surface area contributed by atoms with Gasteiger partial charge in [-0.2, -0.15) is 0 Å². The number of carbonyl (C=O) groups excluding carboxylic acids is 1. The van der Waals surface area contributed by atoms with Gasteiger partial charge in [-0.3, -0.25) is 4.79 Å². The van der Waals surface area contributed by atoms with E-state index in [2.05, 4.69) is 15.3 Å². The number of nitrogens with zero attached hydrogens (tertiary/aromatic N) is 2. The Balaban J connectivity index is 1.69. The fourth-order valence-corrected chi connectivity index (χ4v) is 5.11. The number of hydrogen-bond acceptors (Lipinski definition) is 6. The van der Waals surface area contributed by atoms with Crippen molar-refractivity contribution in [3.63, 3.8) is 0 Å². The number of aryl methyl sites for hydroxylation is 2. The molecule has 3 N–H and O–H groups in total. The molecule has 2 aromatic heterocycles. The molecule has 2 heterocycles. The molecule has 0 spiro atoms. The van der Waals surface area contributed by atoms with Crippen molar-refractivity contribution in [2.45, 2.75) is 24.3 Å². The van der Waals surface area contributed by atoms with Crippen LogP contribution in [0.4, 0.5) is 11.5 Å². The zero-order valence-corrected chi connectivity index (χ0v) is 17.7. The van der Waals surface area contributed by atoms with Crippen molar-refractivity contribution in [3.8, 4) is 0 Å². The second-order valence-corrected chi connectivity index (χ2v) is 8.89. The van der Waals surface area contributed by atoms with E-state index in [9.17, 15) is 4.79 Å². The summed E-state index contributed by atoms with van der Waals surface area (Å²) >= 11 is 2.90. The van der Waals surface area contributed by atoms with E-state index >= 15 is 0 Å². The Labute approximate surface area is 177 Å². The second-order valence-electron chi connectivity index (χ2n) is 6.62. The van der Waals surface area contributed by atoms with E-state index in [4.69, 9.17) is 5.73 Å². The molecule has 0 aliphatic rings. The minimum Gasteiger partial charge on any atom is -0.383 e. The molecule has 1 amide bonds. The van der Waals surface area contributed by atoms with Crippen LogP contribution < -0.4 is 11.1 Å². The van der Waals surface area contributed by atoms with Gasteiger partial charge in [-0.15, -0.1) is 11.3 Å². The van der Waals surface area contributed by atoms with Crippen LogP contribution in [-0.2, 0) is 4.79 Å². The van der Waals surface area contributed by atoms with Gasteiger partial charge < -0.3 is 11.1 Å². The van der Waals surface area contributed by atoms with Gasteiger partial charge in [0.05, 0.1) is 5.39 Å². The minimum atomic E-state index is -0.504. The molecular weight excluding hydrogens is 400 g/mol. The molecule has 4 aromatic rings. The first kappa shape index (κ1) is 19.4. The third-order valence-corrected chi connectivity index (χ3v) is 6.86. The summed E-state index contributed by atoms with van der Waals surface area (Å²) < 4.78 is 0. The Hall–Kier alpha value is -2.90. The maximum absolute atomic E-state index is 13.1. The van der Waals surface area contributed by atoms with Crippen LogP contribution in [0.3, 0.4) is 0 Å². The fraction of sp³-hybridized carbons (Fsp3) is 0.136. The average molecular weight is 421 g/mol. The Bertz CT molecular complexity index is 1160. The van der Waals surface area contributed by atoms with Crippen LogP contribution in [0, 0.1) is 13.8 Å². The van der Waals surface area contributed by atoms with Gasteiger partial charge in [0.25, 0.3) is 0 Å². The number of carbonyl (C=O) groups is 1. The van der Waals surface area contributed by atoms with Gasteiger partial charge in [0, 0.05) is 10.6 Å². The number of hydrogen-bond donors (Lipinski definition) is 2. The molecule has 4 rings (SSSR count). The largest absolute Gasteiger partial charge is 0.383 e. The molecule has 0 saturated carbocycles. The molecule has 0 aliphatic heterocycles. The molecule has 146 valence electrons. The van der Waals surface area contributed by atoms with Crippen LogP contribution in [0.1, 0.15) is 21.3 Å². The molecule has 2 aromatic carbocycles. The highest BCUT2D eigenvalue weighted by Crippen LogP contribution is 2.38. The number of thioether (sulfide) groups is 1. The number of anilines is 2. The Kier molecular flexibility index (Phi) is 5.51. The number of aromatic nitrogens is 2. The van der Waals surface area contributed by atoms with Crippen molar-refractivity contribution < 1.29 is 4.79 Å². The first-order chi connectivity index (χ1) is 14.0. The zero-order chi connectivity index (χ0) is 20.4. The molecular formula is C22H20N4OS2. The number of nitrogens with two attached hydrogens (primary N) is 1. The van der Waals surface area contributed by atoms with Gasteiger partial charge in [0.1, 0.15) is 15.9 Å². The SMILES string of the molecule is Cc1sc2nc(SC(C(=O)Nc3ccccc3)c3ccccc3)nc(N)c2c1C. The van der Waals surface area contributed by atoms with Crippen LogP contribution in [0.15, 0.2) is 65.8 Å². The number of amides is 1. The van der Waals surface area contributed by atoms with Gasteiger partial charge in [-0.25, -0.2) is 9.97 Å². The van der Waals surface area contributed by atoms with E-state index in [1.54, 1.807) is 11.3 Å². The third kappa shape index (κ3) is 4.11. The number of nitrogen functional groups attached to an aromatic ring is 1. The van der Waals surface area contributed by atoms with Crippen molar-refractivity contribution in [3.05, 3.63) is 76.7 Å². The topological polar surface area (TPSA) is 80.9 Å². The summed E-state index contributed by atoms with van der Waals surface area (Å²) in [5.41, 5.74) is 8.97. The lowest BCUT2D eigenvalue weighted by Crippen LogP contribution is -2.19. The molecule has 0 aliphatic carbocycles.